The van der Waals surface area contributed by atoms with E-state index in [2.05, 4.69) is 27.9 Å². The second-order valence-corrected chi connectivity index (χ2v) is 6.32. The number of nitrogens with zero attached hydrogens (tertiary/aromatic N) is 1. The summed E-state index contributed by atoms with van der Waals surface area (Å²) in [5.74, 6) is 0. The Morgan fingerprint density at radius 1 is 1.38 bits per heavy atom. The Kier molecular flexibility index (Phi) is 2.58. The lowest BCUT2D eigenvalue weighted by Crippen LogP contribution is -2.48. The summed E-state index contributed by atoms with van der Waals surface area (Å²) in [6.07, 6.45) is 4.52. The molecule has 0 aliphatic heterocycles. The van der Waals surface area contributed by atoms with Crippen LogP contribution in [0.1, 0.15) is 25.0 Å². The van der Waals surface area contributed by atoms with Gasteiger partial charge in [0.05, 0.1) is 10.6 Å². The van der Waals surface area contributed by atoms with Gasteiger partial charge in [-0.25, -0.2) is 4.98 Å². The molecule has 0 unspecified atom stereocenters. The zero-order valence-corrected chi connectivity index (χ0v) is 10.6. The van der Waals surface area contributed by atoms with Gasteiger partial charge in [-0.2, -0.15) is 0 Å². The summed E-state index contributed by atoms with van der Waals surface area (Å²) in [4.78, 5) is 5.93. The monoisotopic (exact) mass is 250 g/mol. The van der Waals surface area contributed by atoms with Gasteiger partial charge >= 0.3 is 0 Å². The van der Waals surface area contributed by atoms with Crippen molar-refractivity contribution >= 4 is 22.7 Å². The molecule has 0 aromatic carbocycles. The van der Waals surface area contributed by atoms with Gasteiger partial charge in [0.2, 0.25) is 0 Å². The highest BCUT2D eigenvalue weighted by Gasteiger charge is 2.33. The molecule has 0 radical (unpaired) electrons. The fourth-order valence-electron chi connectivity index (χ4n) is 2.07. The van der Waals surface area contributed by atoms with E-state index in [1.54, 1.807) is 22.7 Å². The van der Waals surface area contributed by atoms with E-state index in [4.69, 9.17) is 5.73 Å². The van der Waals surface area contributed by atoms with E-state index in [-0.39, 0.29) is 5.54 Å². The van der Waals surface area contributed by atoms with Gasteiger partial charge in [-0.3, -0.25) is 0 Å². The molecule has 1 fully saturated rings. The van der Waals surface area contributed by atoms with Crippen LogP contribution in [0.15, 0.2) is 22.9 Å². The topological polar surface area (TPSA) is 38.9 Å². The molecular weight excluding hydrogens is 236 g/mol. The summed E-state index contributed by atoms with van der Waals surface area (Å²) in [6, 6.07) is 4.19. The van der Waals surface area contributed by atoms with Gasteiger partial charge in [0, 0.05) is 17.3 Å². The van der Waals surface area contributed by atoms with E-state index < -0.39 is 0 Å². The zero-order valence-electron chi connectivity index (χ0n) is 8.98. The summed E-state index contributed by atoms with van der Waals surface area (Å²) < 4.78 is 0. The van der Waals surface area contributed by atoms with Crippen molar-refractivity contribution in [2.24, 2.45) is 5.73 Å². The van der Waals surface area contributed by atoms with Gasteiger partial charge in [0.25, 0.3) is 0 Å². The number of hydrogen-bond donors (Lipinski definition) is 1. The summed E-state index contributed by atoms with van der Waals surface area (Å²) in [6.45, 7) is 0. The molecule has 0 saturated heterocycles. The third-order valence-electron chi connectivity index (χ3n) is 3.17. The molecular formula is C12H14N2S2. The summed E-state index contributed by atoms with van der Waals surface area (Å²) in [7, 11) is 0. The Morgan fingerprint density at radius 2 is 2.25 bits per heavy atom. The number of nitrogens with two attached hydrogens (primary N) is 1. The molecule has 2 N–H and O–H groups in total. The molecule has 2 aromatic heterocycles. The average Bonchev–Trinajstić information content (AvgIpc) is 2.83. The highest BCUT2D eigenvalue weighted by atomic mass is 32.1. The van der Waals surface area contributed by atoms with E-state index in [0.29, 0.717) is 0 Å². The Balaban J connectivity index is 1.78. The van der Waals surface area contributed by atoms with Crippen molar-refractivity contribution in [3.8, 4) is 9.88 Å². The van der Waals surface area contributed by atoms with Crippen molar-refractivity contribution in [2.45, 2.75) is 31.2 Å². The fourth-order valence-corrected chi connectivity index (χ4v) is 3.70. The molecule has 1 saturated carbocycles. The second kappa shape index (κ2) is 3.95. The predicted molar refractivity (Wildman–Crippen MR) is 69.9 cm³/mol. The van der Waals surface area contributed by atoms with Crippen molar-refractivity contribution in [3.05, 3.63) is 28.6 Å². The molecule has 0 bridgehead atoms. The molecule has 2 nitrogen and oxygen atoms in total. The normalized spacial score (nSPS) is 18.3. The third kappa shape index (κ3) is 1.93. The summed E-state index contributed by atoms with van der Waals surface area (Å²) >= 11 is 3.47. The highest BCUT2D eigenvalue weighted by Crippen LogP contribution is 2.34. The van der Waals surface area contributed by atoms with Crippen molar-refractivity contribution < 1.29 is 0 Å². The summed E-state index contributed by atoms with van der Waals surface area (Å²) in [5, 5.41) is 5.38. The summed E-state index contributed by atoms with van der Waals surface area (Å²) in [5.41, 5.74) is 7.44. The average molecular weight is 250 g/mol. The molecule has 0 amide bonds. The molecule has 0 spiro atoms. The first-order chi connectivity index (χ1) is 7.75. The van der Waals surface area contributed by atoms with Gasteiger partial charge < -0.3 is 5.73 Å². The first-order valence-electron chi connectivity index (χ1n) is 5.52. The Bertz CT molecular complexity index is 469. The zero-order chi connectivity index (χ0) is 11.0. The van der Waals surface area contributed by atoms with Crippen molar-refractivity contribution in [1.29, 1.82) is 0 Å². The molecule has 1 aliphatic carbocycles. The van der Waals surface area contributed by atoms with Gasteiger partial charge in [-0.1, -0.05) is 6.07 Å². The lowest BCUT2D eigenvalue weighted by molar-refractivity contribution is 0.246. The predicted octanol–water partition coefficient (Wildman–Crippen LogP) is 3.30. The fraction of sp³-hybridized carbons (Fsp3) is 0.417. The minimum atomic E-state index is 0.0425. The minimum absolute atomic E-state index is 0.0425. The minimum Gasteiger partial charge on any atom is -0.325 e. The van der Waals surface area contributed by atoms with Gasteiger partial charge in [0.15, 0.2) is 0 Å². The quantitative estimate of drug-likeness (QED) is 0.907. The van der Waals surface area contributed by atoms with Gasteiger partial charge in [0.1, 0.15) is 5.01 Å². The maximum absolute atomic E-state index is 6.23. The van der Waals surface area contributed by atoms with Gasteiger partial charge in [-0.05, 0) is 30.7 Å². The Hall–Kier alpha value is -0.710. The standard InChI is InChI=1S/C12H14N2S2/c13-12(4-2-5-12)7-9-8-16-11(14-9)10-3-1-6-15-10/h1,3,6,8H,2,4-5,7,13H2. The van der Waals surface area contributed by atoms with E-state index in [1.807, 2.05) is 0 Å². The van der Waals surface area contributed by atoms with Crippen molar-refractivity contribution in [3.63, 3.8) is 0 Å². The lowest BCUT2D eigenvalue weighted by Gasteiger charge is -2.37. The van der Waals surface area contributed by atoms with Crippen LogP contribution in [0.5, 0.6) is 0 Å². The lowest BCUT2D eigenvalue weighted by atomic mass is 9.75. The van der Waals surface area contributed by atoms with Crippen LogP contribution in [0, 0.1) is 0 Å². The second-order valence-electron chi connectivity index (χ2n) is 4.51. The molecule has 1 aliphatic rings. The van der Waals surface area contributed by atoms with Crippen LogP contribution >= 0.6 is 22.7 Å². The number of thiazole rings is 1. The number of aromatic nitrogens is 1. The van der Waals surface area contributed by atoms with Crippen molar-refractivity contribution in [2.75, 3.05) is 0 Å². The molecule has 4 heteroatoms. The molecule has 2 aromatic rings. The van der Waals surface area contributed by atoms with Crippen molar-refractivity contribution in [1.82, 2.24) is 4.98 Å². The maximum atomic E-state index is 6.23. The molecule has 16 heavy (non-hydrogen) atoms. The molecule has 0 atom stereocenters. The largest absolute Gasteiger partial charge is 0.325 e. The van der Waals surface area contributed by atoms with E-state index >= 15 is 0 Å². The SMILES string of the molecule is NC1(Cc2csc(-c3cccs3)n2)CCC1. The van der Waals surface area contributed by atoms with Crippen LogP contribution in [0.3, 0.4) is 0 Å². The van der Waals surface area contributed by atoms with E-state index in [9.17, 15) is 0 Å². The molecule has 84 valence electrons. The van der Waals surface area contributed by atoms with Gasteiger partial charge in [-0.15, -0.1) is 22.7 Å². The first-order valence-corrected chi connectivity index (χ1v) is 7.28. The van der Waals surface area contributed by atoms with Crippen LogP contribution in [0.25, 0.3) is 9.88 Å². The molecule has 2 heterocycles. The number of rotatable bonds is 3. The van der Waals surface area contributed by atoms with E-state index in [1.165, 1.54) is 11.3 Å². The smallest absolute Gasteiger partial charge is 0.133 e. The number of thiophene rings is 1. The number of hydrogen-bond acceptors (Lipinski definition) is 4. The van der Waals surface area contributed by atoms with Crippen LogP contribution in [-0.4, -0.2) is 10.5 Å². The Morgan fingerprint density at radius 3 is 2.88 bits per heavy atom. The highest BCUT2D eigenvalue weighted by molar-refractivity contribution is 7.20. The van der Waals surface area contributed by atoms with Crippen LogP contribution in [0.4, 0.5) is 0 Å². The molecule has 3 rings (SSSR count). The van der Waals surface area contributed by atoms with E-state index in [0.717, 1.165) is 30.0 Å². The van der Waals surface area contributed by atoms with Crippen LogP contribution < -0.4 is 5.73 Å². The maximum Gasteiger partial charge on any atom is 0.133 e. The first kappa shape index (κ1) is 10.4. The van der Waals surface area contributed by atoms with Crippen LogP contribution in [-0.2, 0) is 6.42 Å². The third-order valence-corrected chi connectivity index (χ3v) is 5.10. The van der Waals surface area contributed by atoms with Crippen LogP contribution in [0.2, 0.25) is 0 Å². The Labute approximate surface area is 103 Å².